The molecule has 0 aliphatic heterocycles. The Hall–Kier alpha value is -1.59. The van der Waals surface area contributed by atoms with Gasteiger partial charge in [-0.1, -0.05) is 24.3 Å². The van der Waals surface area contributed by atoms with Crippen molar-refractivity contribution in [3.05, 3.63) is 29.1 Å². The molecular formula is C11H13ClN2O3. The number of hydrogen-bond acceptors (Lipinski definition) is 4. The van der Waals surface area contributed by atoms with Crippen LogP contribution in [0.4, 0.5) is 5.69 Å². The monoisotopic (exact) mass is 256 g/mol. The zero-order valence-electron chi connectivity index (χ0n) is 9.27. The van der Waals surface area contributed by atoms with Crippen molar-refractivity contribution in [2.75, 3.05) is 11.9 Å². The van der Waals surface area contributed by atoms with Crippen molar-refractivity contribution in [3.8, 4) is 0 Å². The summed E-state index contributed by atoms with van der Waals surface area (Å²) < 4.78 is 0. The van der Waals surface area contributed by atoms with E-state index in [0.29, 0.717) is 11.3 Å². The average molecular weight is 257 g/mol. The first kappa shape index (κ1) is 13.5. The third-order valence-corrected chi connectivity index (χ3v) is 2.22. The third-order valence-electron chi connectivity index (χ3n) is 2.02. The Balaban J connectivity index is 3.18. The van der Waals surface area contributed by atoms with Gasteiger partial charge in [-0.3, -0.25) is 0 Å². The van der Waals surface area contributed by atoms with Gasteiger partial charge >= 0.3 is 5.97 Å². The lowest BCUT2D eigenvalue weighted by molar-refractivity contribution is 0.0690. The molecule has 1 heterocycles. The Morgan fingerprint density at radius 1 is 1.76 bits per heavy atom. The quantitative estimate of drug-likeness (QED) is 0.701. The van der Waals surface area contributed by atoms with Crippen molar-refractivity contribution in [2.24, 2.45) is 0 Å². The van der Waals surface area contributed by atoms with Crippen molar-refractivity contribution in [1.29, 1.82) is 0 Å². The molecule has 5 nitrogen and oxygen atoms in total. The highest BCUT2D eigenvalue weighted by atomic mass is 35.5. The fourth-order valence-corrected chi connectivity index (χ4v) is 1.49. The van der Waals surface area contributed by atoms with Gasteiger partial charge in [0.05, 0.1) is 6.10 Å². The summed E-state index contributed by atoms with van der Waals surface area (Å²) in [6.07, 6.45) is 0.824. The van der Waals surface area contributed by atoms with Crippen LogP contribution in [-0.4, -0.2) is 33.8 Å². The van der Waals surface area contributed by atoms with Crippen LogP contribution in [0.15, 0.2) is 12.6 Å². The summed E-state index contributed by atoms with van der Waals surface area (Å²) in [5.74, 6) is -1.18. The van der Waals surface area contributed by atoms with Crippen LogP contribution in [0.25, 0.3) is 6.08 Å². The maximum absolute atomic E-state index is 11.0. The van der Waals surface area contributed by atoms with Gasteiger partial charge in [0.15, 0.2) is 5.69 Å². The number of hydrogen-bond donors (Lipinski definition) is 3. The van der Waals surface area contributed by atoms with E-state index in [2.05, 4.69) is 16.9 Å². The topological polar surface area (TPSA) is 82.5 Å². The Kier molecular flexibility index (Phi) is 4.48. The van der Waals surface area contributed by atoms with E-state index in [4.69, 9.17) is 16.7 Å². The standard InChI is InChI=1S/C11H13ClN2O3/c1-3-7-8(13-5-6(2)15)4-9(12)14-10(7)11(16)17/h3-4,6,15H,1,5H2,2H3,(H,13,14)(H,16,17). The molecule has 0 bridgehead atoms. The molecule has 1 rings (SSSR count). The van der Waals surface area contributed by atoms with Gasteiger partial charge in [-0.05, 0) is 13.0 Å². The van der Waals surface area contributed by atoms with Gasteiger partial charge in [-0.25, -0.2) is 9.78 Å². The number of aliphatic hydroxyl groups excluding tert-OH is 1. The van der Waals surface area contributed by atoms with Gasteiger partial charge in [0.2, 0.25) is 0 Å². The Morgan fingerprint density at radius 2 is 2.41 bits per heavy atom. The second kappa shape index (κ2) is 5.65. The van der Waals surface area contributed by atoms with Crippen LogP contribution in [0.5, 0.6) is 0 Å². The van der Waals surface area contributed by atoms with E-state index in [1.54, 1.807) is 6.92 Å². The first-order valence-electron chi connectivity index (χ1n) is 4.94. The minimum atomic E-state index is -1.18. The number of pyridine rings is 1. The van der Waals surface area contributed by atoms with Gasteiger partial charge in [-0.15, -0.1) is 0 Å². The van der Waals surface area contributed by atoms with Crippen molar-refractivity contribution < 1.29 is 15.0 Å². The molecule has 3 N–H and O–H groups in total. The summed E-state index contributed by atoms with van der Waals surface area (Å²) >= 11 is 5.73. The number of carbonyl (C=O) groups is 1. The van der Waals surface area contributed by atoms with Gasteiger partial charge in [0.25, 0.3) is 0 Å². The minimum absolute atomic E-state index is 0.0705. The molecule has 1 aromatic heterocycles. The van der Waals surface area contributed by atoms with Crippen molar-refractivity contribution >= 4 is 29.3 Å². The third kappa shape index (κ3) is 3.44. The number of halogens is 1. The molecular weight excluding hydrogens is 244 g/mol. The first-order valence-corrected chi connectivity index (χ1v) is 5.31. The summed E-state index contributed by atoms with van der Waals surface area (Å²) in [6, 6.07) is 1.49. The summed E-state index contributed by atoms with van der Waals surface area (Å²) in [5.41, 5.74) is 0.668. The molecule has 1 unspecified atom stereocenters. The van der Waals surface area contributed by atoms with Gasteiger partial charge in [-0.2, -0.15) is 0 Å². The molecule has 92 valence electrons. The highest BCUT2D eigenvalue weighted by Gasteiger charge is 2.15. The molecule has 17 heavy (non-hydrogen) atoms. The normalized spacial score (nSPS) is 11.9. The number of nitrogens with zero attached hydrogens (tertiary/aromatic N) is 1. The largest absolute Gasteiger partial charge is 0.476 e. The SMILES string of the molecule is C=Cc1c(NCC(C)O)cc(Cl)nc1C(=O)O. The number of aromatic nitrogens is 1. The lowest BCUT2D eigenvalue weighted by atomic mass is 10.1. The molecule has 0 radical (unpaired) electrons. The van der Waals surface area contributed by atoms with E-state index in [-0.39, 0.29) is 17.4 Å². The van der Waals surface area contributed by atoms with E-state index in [9.17, 15) is 9.90 Å². The second-order valence-corrected chi connectivity index (χ2v) is 3.88. The van der Waals surface area contributed by atoms with Crippen molar-refractivity contribution in [3.63, 3.8) is 0 Å². The molecule has 0 spiro atoms. The average Bonchev–Trinajstić information content (AvgIpc) is 2.25. The molecule has 0 saturated carbocycles. The van der Waals surface area contributed by atoms with Gasteiger partial charge < -0.3 is 15.5 Å². The van der Waals surface area contributed by atoms with E-state index >= 15 is 0 Å². The van der Waals surface area contributed by atoms with Crippen LogP contribution in [0.1, 0.15) is 23.0 Å². The Bertz CT molecular complexity index is 447. The molecule has 0 saturated heterocycles. The molecule has 0 aromatic carbocycles. The molecule has 1 aromatic rings. The number of anilines is 1. The van der Waals surface area contributed by atoms with Crippen molar-refractivity contribution in [2.45, 2.75) is 13.0 Å². The summed E-state index contributed by atoms with van der Waals surface area (Å²) in [5, 5.41) is 21.1. The lowest BCUT2D eigenvalue weighted by Crippen LogP contribution is -2.17. The van der Waals surface area contributed by atoms with Crippen LogP contribution in [0.3, 0.4) is 0 Å². The number of aromatic carboxylic acids is 1. The van der Waals surface area contributed by atoms with Crippen molar-refractivity contribution in [1.82, 2.24) is 4.98 Å². The minimum Gasteiger partial charge on any atom is -0.476 e. The highest BCUT2D eigenvalue weighted by Crippen LogP contribution is 2.23. The van der Waals surface area contributed by atoms with Crippen LogP contribution in [0, 0.1) is 0 Å². The van der Waals surface area contributed by atoms with E-state index < -0.39 is 12.1 Å². The van der Waals surface area contributed by atoms with E-state index in [1.807, 2.05) is 0 Å². The van der Waals surface area contributed by atoms with Crippen LogP contribution in [-0.2, 0) is 0 Å². The highest BCUT2D eigenvalue weighted by molar-refractivity contribution is 6.30. The molecule has 1 atom stereocenters. The van der Waals surface area contributed by atoms with Gasteiger partial charge in [0.1, 0.15) is 5.15 Å². The first-order chi connectivity index (χ1) is 7.95. The summed E-state index contributed by atoms with van der Waals surface area (Å²) in [7, 11) is 0. The zero-order chi connectivity index (χ0) is 13.0. The zero-order valence-corrected chi connectivity index (χ0v) is 10.0. The summed E-state index contributed by atoms with van der Waals surface area (Å²) in [4.78, 5) is 14.7. The van der Waals surface area contributed by atoms with E-state index in [1.165, 1.54) is 12.1 Å². The van der Waals surface area contributed by atoms with Crippen LogP contribution in [0.2, 0.25) is 5.15 Å². The molecule has 6 heteroatoms. The Labute approximate surface area is 104 Å². The number of aliphatic hydroxyl groups is 1. The fraction of sp³-hybridized carbons (Fsp3) is 0.273. The number of carboxylic acids is 1. The Morgan fingerprint density at radius 3 is 2.88 bits per heavy atom. The molecule has 0 fully saturated rings. The predicted molar refractivity (Wildman–Crippen MR) is 66.5 cm³/mol. The smallest absolute Gasteiger partial charge is 0.355 e. The molecule has 0 amide bonds. The summed E-state index contributed by atoms with van der Waals surface area (Å²) in [6.45, 7) is 5.43. The number of rotatable bonds is 5. The molecule has 0 aliphatic rings. The lowest BCUT2D eigenvalue weighted by Gasteiger charge is -2.13. The molecule has 0 aliphatic carbocycles. The van der Waals surface area contributed by atoms with Crippen LogP contribution >= 0.6 is 11.6 Å². The number of carboxylic acid groups (broad SMARTS) is 1. The predicted octanol–water partition coefficient (Wildman–Crippen LogP) is 1.87. The maximum Gasteiger partial charge on any atom is 0.355 e. The van der Waals surface area contributed by atoms with Crippen LogP contribution < -0.4 is 5.32 Å². The maximum atomic E-state index is 11.0. The fourth-order valence-electron chi connectivity index (χ4n) is 1.30. The second-order valence-electron chi connectivity index (χ2n) is 3.49. The number of nitrogens with one attached hydrogen (secondary N) is 1. The van der Waals surface area contributed by atoms with Gasteiger partial charge in [0, 0.05) is 17.8 Å². The van der Waals surface area contributed by atoms with E-state index in [0.717, 1.165) is 0 Å².